The van der Waals surface area contributed by atoms with Gasteiger partial charge in [-0.3, -0.25) is 0 Å². The summed E-state index contributed by atoms with van der Waals surface area (Å²) < 4.78 is 18.6. The number of hydrogen-bond acceptors (Lipinski definition) is 3. The number of benzene rings is 1. The zero-order valence-electron chi connectivity index (χ0n) is 10.8. The Kier molecular flexibility index (Phi) is 4.55. The summed E-state index contributed by atoms with van der Waals surface area (Å²) in [6.45, 7) is 2.11. The fraction of sp³-hybridized carbons (Fsp3) is 0.571. The summed E-state index contributed by atoms with van der Waals surface area (Å²) >= 11 is 0. The highest BCUT2D eigenvalue weighted by atomic mass is 19.1. The molecule has 2 rings (SSSR count). The van der Waals surface area contributed by atoms with E-state index in [4.69, 9.17) is 10.5 Å². The monoisotopic (exact) mass is 252 g/mol. The molecule has 0 aliphatic carbocycles. The largest absolute Gasteiger partial charge is 0.496 e. The Hall–Kier alpha value is -1.13. The standard InChI is InChI=1S/C14H21FN2O/c1-18-14-3-2-11(15)9-12(14)13(16)8-10-4-6-17-7-5-10/h2-3,9-10,13,17H,4-8,16H2,1H3. The highest BCUT2D eigenvalue weighted by molar-refractivity contribution is 5.36. The van der Waals surface area contributed by atoms with Crippen LogP contribution in [0.1, 0.15) is 30.9 Å². The number of methoxy groups -OCH3 is 1. The Labute approximate surface area is 108 Å². The number of nitrogens with one attached hydrogen (secondary N) is 1. The fourth-order valence-electron chi connectivity index (χ4n) is 2.60. The first-order valence-corrected chi connectivity index (χ1v) is 6.50. The summed E-state index contributed by atoms with van der Waals surface area (Å²) in [5.74, 6) is 1.04. The summed E-state index contributed by atoms with van der Waals surface area (Å²) in [5.41, 5.74) is 6.98. The molecule has 1 fully saturated rings. The third-order valence-corrected chi connectivity index (χ3v) is 3.64. The lowest BCUT2D eigenvalue weighted by molar-refractivity contribution is 0.327. The maximum atomic E-state index is 13.3. The van der Waals surface area contributed by atoms with Gasteiger partial charge in [-0.15, -0.1) is 0 Å². The molecular weight excluding hydrogens is 231 g/mol. The van der Waals surface area contributed by atoms with Crippen LogP contribution in [-0.4, -0.2) is 20.2 Å². The summed E-state index contributed by atoms with van der Waals surface area (Å²) in [6, 6.07) is 4.38. The van der Waals surface area contributed by atoms with E-state index in [9.17, 15) is 4.39 Å². The molecule has 1 aliphatic rings. The van der Waals surface area contributed by atoms with Crippen LogP contribution in [0.15, 0.2) is 18.2 Å². The maximum Gasteiger partial charge on any atom is 0.123 e. The number of piperidine rings is 1. The van der Waals surface area contributed by atoms with Crippen molar-refractivity contribution in [1.29, 1.82) is 0 Å². The molecule has 1 atom stereocenters. The first-order valence-electron chi connectivity index (χ1n) is 6.50. The zero-order chi connectivity index (χ0) is 13.0. The van der Waals surface area contributed by atoms with Crippen LogP contribution in [0, 0.1) is 11.7 Å². The molecule has 1 unspecified atom stereocenters. The Morgan fingerprint density at radius 3 is 2.83 bits per heavy atom. The van der Waals surface area contributed by atoms with Gasteiger partial charge in [0, 0.05) is 11.6 Å². The number of hydrogen-bond donors (Lipinski definition) is 2. The molecule has 0 radical (unpaired) electrons. The minimum Gasteiger partial charge on any atom is -0.496 e. The lowest BCUT2D eigenvalue weighted by Crippen LogP contribution is -2.29. The molecule has 4 heteroatoms. The molecule has 1 saturated heterocycles. The Bertz CT molecular complexity index is 391. The van der Waals surface area contributed by atoms with Gasteiger partial charge in [0.1, 0.15) is 11.6 Å². The predicted octanol–water partition coefficient (Wildman–Crippen LogP) is 2.22. The molecule has 0 amide bonds. The van der Waals surface area contributed by atoms with Gasteiger partial charge in [-0.2, -0.15) is 0 Å². The van der Waals surface area contributed by atoms with E-state index in [1.807, 2.05) is 0 Å². The van der Waals surface area contributed by atoms with Crippen LogP contribution in [0.4, 0.5) is 4.39 Å². The van der Waals surface area contributed by atoms with E-state index in [0.29, 0.717) is 11.7 Å². The van der Waals surface area contributed by atoms with Crippen molar-refractivity contribution < 1.29 is 9.13 Å². The lowest BCUT2D eigenvalue weighted by atomic mass is 9.88. The molecular formula is C14H21FN2O. The van der Waals surface area contributed by atoms with Gasteiger partial charge >= 0.3 is 0 Å². The third kappa shape index (κ3) is 3.21. The number of nitrogens with two attached hydrogens (primary N) is 1. The van der Waals surface area contributed by atoms with Crippen molar-refractivity contribution in [2.24, 2.45) is 11.7 Å². The van der Waals surface area contributed by atoms with Crippen molar-refractivity contribution >= 4 is 0 Å². The van der Waals surface area contributed by atoms with E-state index in [2.05, 4.69) is 5.32 Å². The molecule has 0 saturated carbocycles. The van der Waals surface area contributed by atoms with Gasteiger partial charge in [0.05, 0.1) is 7.11 Å². The van der Waals surface area contributed by atoms with Crippen LogP contribution in [0.3, 0.4) is 0 Å². The van der Waals surface area contributed by atoms with Crippen LogP contribution >= 0.6 is 0 Å². The molecule has 0 spiro atoms. The van der Waals surface area contributed by atoms with Crippen molar-refractivity contribution in [2.75, 3.05) is 20.2 Å². The topological polar surface area (TPSA) is 47.3 Å². The number of rotatable bonds is 4. The van der Waals surface area contributed by atoms with Crippen LogP contribution in [0.2, 0.25) is 0 Å². The highest BCUT2D eigenvalue weighted by Crippen LogP contribution is 2.30. The Balaban J connectivity index is 2.07. The van der Waals surface area contributed by atoms with Crippen LogP contribution in [-0.2, 0) is 0 Å². The van der Waals surface area contributed by atoms with Crippen LogP contribution in [0.5, 0.6) is 5.75 Å². The smallest absolute Gasteiger partial charge is 0.123 e. The molecule has 0 aromatic heterocycles. The molecule has 1 heterocycles. The molecule has 1 aromatic carbocycles. The van der Waals surface area contributed by atoms with E-state index in [-0.39, 0.29) is 11.9 Å². The molecule has 18 heavy (non-hydrogen) atoms. The second-order valence-electron chi connectivity index (χ2n) is 4.92. The Morgan fingerprint density at radius 2 is 2.17 bits per heavy atom. The third-order valence-electron chi connectivity index (χ3n) is 3.64. The van der Waals surface area contributed by atoms with Crippen LogP contribution in [0.25, 0.3) is 0 Å². The van der Waals surface area contributed by atoms with Gasteiger partial charge < -0.3 is 15.8 Å². The molecule has 3 nitrogen and oxygen atoms in total. The van der Waals surface area contributed by atoms with Crippen LogP contribution < -0.4 is 15.8 Å². The Morgan fingerprint density at radius 1 is 1.44 bits per heavy atom. The zero-order valence-corrected chi connectivity index (χ0v) is 10.8. The van der Waals surface area contributed by atoms with Gasteiger partial charge in [-0.05, 0) is 56.5 Å². The minimum absolute atomic E-state index is 0.154. The van der Waals surface area contributed by atoms with E-state index < -0.39 is 0 Å². The molecule has 3 N–H and O–H groups in total. The van der Waals surface area contributed by atoms with E-state index in [0.717, 1.165) is 37.9 Å². The quantitative estimate of drug-likeness (QED) is 0.864. The maximum absolute atomic E-state index is 13.3. The average Bonchev–Trinajstić information content (AvgIpc) is 2.40. The van der Waals surface area contributed by atoms with Gasteiger partial charge in [-0.25, -0.2) is 4.39 Å². The highest BCUT2D eigenvalue weighted by Gasteiger charge is 2.20. The van der Waals surface area contributed by atoms with Crippen molar-refractivity contribution in [3.8, 4) is 5.75 Å². The number of halogens is 1. The molecule has 100 valence electrons. The molecule has 0 bridgehead atoms. The normalized spacial score (nSPS) is 18.6. The SMILES string of the molecule is COc1ccc(F)cc1C(N)CC1CCNCC1. The summed E-state index contributed by atoms with van der Waals surface area (Å²) in [4.78, 5) is 0. The van der Waals surface area contributed by atoms with Crippen molar-refractivity contribution in [3.63, 3.8) is 0 Å². The van der Waals surface area contributed by atoms with E-state index in [1.54, 1.807) is 13.2 Å². The first-order chi connectivity index (χ1) is 8.70. The number of ether oxygens (including phenoxy) is 1. The van der Waals surface area contributed by atoms with Gasteiger partial charge in [0.2, 0.25) is 0 Å². The summed E-state index contributed by atoms with van der Waals surface area (Å²) in [5, 5.41) is 3.33. The first kappa shape index (κ1) is 13.3. The van der Waals surface area contributed by atoms with E-state index >= 15 is 0 Å². The summed E-state index contributed by atoms with van der Waals surface area (Å²) in [7, 11) is 1.59. The molecule has 1 aromatic rings. The lowest BCUT2D eigenvalue weighted by Gasteiger charge is -2.26. The van der Waals surface area contributed by atoms with E-state index in [1.165, 1.54) is 12.1 Å². The van der Waals surface area contributed by atoms with Gasteiger partial charge in [-0.1, -0.05) is 0 Å². The minimum atomic E-state index is -0.258. The second kappa shape index (κ2) is 6.16. The summed E-state index contributed by atoms with van der Waals surface area (Å²) in [6.07, 6.45) is 3.18. The van der Waals surface area contributed by atoms with Crippen molar-refractivity contribution in [1.82, 2.24) is 5.32 Å². The molecule has 1 aliphatic heterocycles. The van der Waals surface area contributed by atoms with Crippen molar-refractivity contribution in [2.45, 2.75) is 25.3 Å². The average molecular weight is 252 g/mol. The van der Waals surface area contributed by atoms with Gasteiger partial charge in [0.25, 0.3) is 0 Å². The second-order valence-corrected chi connectivity index (χ2v) is 4.92. The fourth-order valence-corrected chi connectivity index (χ4v) is 2.60. The van der Waals surface area contributed by atoms with Gasteiger partial charge in [0.15, 0.2) is 0 Å². The van der Waals surface area contributed by atoms with Crippen molar-refractivity contribution in [3.05, 3.63) is 29.6 Å². The predicted molar refractivity (Wildman–Crippen MR) is 70.1 cm³/mol.